The lowest BCUT2D eigenvalue weighted by atomic mass is 9.49. The maximum absolute atomic E-state index is 9.99. The van der Waals surface area contributed by atoms with Crippen LogP contribution in [0.5, 0.6) is 11.5 Å². The van der Waals surface area contributed by atoms with Crippen LogP contribution in [0.3, 0.4) is 0 Å². The molecule has 2 aromatic carbocycles. The molecule has 0 saturated heterocycles. The number of hydrogen-bond acceptors (Lipinski definition) is 2. The van der Waals surface area contributed by atoms with E-state index in [4.69, 9.17) is 0 Å². The Labute approximate surface area is 177 Å². The van der Waals surface area contributed by atoms with Crippen molar-refractivity contribution in [2.24, 2.45) is 17.3 Å². The topological polar surface area (TPSA) is 40.5 Å². The SMILES string of the molecule is CC.CCC1C2CCc3cc(O)ccc3C2C(c2ccc(O)cc2)CC1(C)CC. The Kier molecular flexibility index (Phi) is 6.61. The first-order valence-corrected chi connectivity index (χ1v) is 11.6. The van der Waals surface area contributed by atoms with Gasteiger partial charge in [-0.05, 0) is 89.3 Å². The quantitative estimate of drug-likeness (QED) is 0.569. The van der Waals surface area contributed by atoms with Crippen molar-refractivity contribution >= 4 is 0 Å². The van der Waals surface area contributed by atoms with Crippen LogP contribution >= 0.6 is 0 Å². The number of rotatable bonds is 3. The second kappa shape index (κ2) is 8.81. The van der Waals surface area contributed by atoms with Gasteiger partial charge in [0.2, 0.25) is 0 Å². The molecule has 2 nitrogen and oxygen atoms in total. The van der Waals surface area contributed by atoms with Crippen LogP contribution in [0.25, 0.3) is 0 Å². The lowest BCUT2D eigenvalue weighted by Gasteiger charge is -2.55. The Bertz CT molecular complexity index is 810. The number of phenols is 2. The summed E-state index contributed by atoms with van der Waals surface area (Å²) in [6.45, 7) is 11.2. The number of benzene rings is 2. The minimum absolute atomic E-state index is 0.338. The van der Waals surface area contributed by atoms with Gasteiger partial charge in [-0.25, -0.2) is 0 Å². The summed E-state index contributed by atoms with van der Waals surface area (Å²) in [4.78, 5) is 0. The lowest BCUT2D eigenvalue weighted by molar-refractivity contribution is 0.0112. The van der Waals surface area contributed by atoms with E-state index in [1.54, 1.807) is 0 Å². The van der Waals surface area contributed by atoms with E-state index in [1.807, 2.05) is 38.1 Å². The normalized spacial score (nSPS) is 30.5. The Morgan fingerprint density at radius 2 is 1.62 bits per heavy atom. The Hall–Kier alpha value is -1.96. The highest BCUT2D eigenvalue weighted by Crippen LogP contribution is 2.62. The van der Waals surface area contributed by atoms with Crippen molar-refractivity contribution in [2.75, 3.05) is 0 Å². The minimum Gasteiger partial charge on any atom is -0.508 e. The van der Waals surface area contributed by atoms with Crippen LogP contribution in [-0.4, -0.2) is 10.2 Å². The monoisotopic (exact) mass is 394 g/mol. The molecule has 0 spiro atoms. The van der Waals surface area contributed by atoms with E-state index in [1.165, 1.54) is 42.4 Å². The second-order valence-corrected chi connectivity index (χ2v) is 9.04. The third-order valence-electron chi connectivity index (χ3n) is 7.79. The second-order valence-electron chi connectivity index (χ2n) is 9.04. The van der Waals surface area contributed by atoms with Gasteiger partial charge >= 0.3 is 0 Å². The Morgan fingerprint density at radius 1 is 0.966 bits per heavy atom. The van der Waals surface area contributed by atoms with Crippen LogP contribution in [0, 0.1) is 17.3 Å². The van der Waals surface area contributed by atoms with Crippen molar-refractivity contribution in [3.63, 3.8) is 0 Å². The number of phenolic OH excluding ortho intramolecular Hbond substituents is 2. The standard InChI is InChI=1S/C25H32O2.C2H6/c1-4-23-21-12-8-17-14-19(27)11-13-20(17)24(21)22(15-25(23,3)5-2)16-6-9-18(26)10-7-16;1-2/h6-7,9-11,13-14,21-24,26-27H,4-5,8,12,15H2,1-3H3;1-2H3. The van der Waals surface area contributed by atoms with Crippen LogP contribution in [0.2, 0.25) is 0 Å². The molecule has 2 aliphatic carbocycles. The van der Waals surface area contributed by atoms with Crippen LogP contribution in [0.15, 0.2) is 42.5 Å². The van der Waals surface area contributed by atoms with E-state index in [-0.39, 0.29) is 0 Å². The molecular weight excluding hydrogens is 356 g/mol. The predicted molar refractivity (Wildman–Crippen MR) is 122 cm³/mol. The van der Waals surface area contributed by atoms with Gasteiger partial charge in [-0.2, -0.15) is 0 Å². The van der Waals surface area contributed by atoms with Gasteiger partial charge in [0.15, 0.2) is 0 Å². The number of aromatic hydroxyl groups is 2. The molecule has 2 N–H and O–H groups in total. The van der Waals surface area contributed by atoms with Gasteiger partial charge < -0.3 is 10.2 Å². The van der Waals surface area contributed by atoms with Crippen LogP contribution in [0.1, 0.15) is 88.8 Å². The minimum atomic E-state index is 0.338. The zero-order valence-corrected chi connectivity index (χ0v) is 18.8. The molecule has 5 unspecified atom stereocenters. The fourth-order valence-corrected chi connectivity index (χ4v) is 6.38. The molecule has 0 bridgehead atoms. The molecule has 0 heterocycles. The summed E-state index contributed by atoms with van der Waals surface area (Å²) in [5, 5.41) is 19.8. The van der Waals surface area contributed by atoms with Gasteiger partial charge in [-0.15, -0.1) is 0 Å². The fourth-order valence-electron chi connectivity index (χ4n) is 6.38. The Morgan fingerprint density at radius 3 is 2.24 bits per heavy atom. The van der Waals surface area contributed by atoms with E-state index in [0.717, 1.165) is 12.3 Å². The van der Waals surface area contributed by atoms with Gasteiger partial charge in [0, 0.05) is 0 Å². The zero-order valence-electron chi connectivity index (χ0n) is 18.8. The largest absolute Gasteiger partial charge is 0.508 e. The molecule has 0 amide bonds. The van der Waals surface area contributed by atoms with E-state index >= 15 is 0 Å². The summed E-state index contributed by atoms with van der Waals surface area (Å²) in [5.74, 6) is 3.11. The molecule has 4 rings (SSSR count). The summed E-state index contributed by atoms with van der Waals surface area (Å²) < 4.78 is 0. The molecule has 0 aromatic heterocycles. The number of hydrogen-bond donors (Lipinski definition) is 2. The molecule has 1 fully saturated rings. The zero-order chi connectivity index (χ0) is 21.2. The highest BCUT2D eigenvalue weighted by Gasteiger charge is 2.51. The van der Waals surface area contributed by atoms with E-state index in [0.29, 0.717) is 34.7 Å². The molecule has 0 aliphatic heterocycles. The maximum Gasteiger partial charge on any atom is 0.115 e. The molecule has 2 aromatic rings. The summed E-state index contributed by atoms with van der Waals surface area (Å²) in [7, 11) is 0. The smallest absolute Gasteiger partial charge is 0.115 e. The molecule has 158 valence electrons. The van der Waals surface area contributed by atoms with Crippen molar-refractivity contribution < 1.29 is 10.2 Å². The van der Waals surface area contributed by atoms with Crippen LogP contribution in [-0.2, 0) is 6.42 Å². The highest BCUT2D eigenvalue weighted by molar-refractivity contribution is 5.43. The molecule has 2 heteroatoms. The average molecular weight is 395 g/mol. The molecule has 0 radical (unpaired) electrons. The Balaban J connectivity index is 0.00000117. The van der Waals surface area contributed by atoms with Crippen LogP contribution < -0.4 is 0 Å². The first-order valence-electron chi connectivity index (χ1n) is 11.6. The molecule has 2 aliphatic rings. The van der Waals surface area contributed by atoms with Crippen molar-refractivity contribution in [3.8, 4) is 11.5 Å². The van der Waals surface area contributed by atoms with Gasteiger partial charge in [0.1, 0.15) is 11.5 Å². The van der Waals surface area contributed by atoms with E-state index < -0.39 is 0 Å². The van der Waals surface area contributed by atoms with Gasteiger partial charge in [-0.1, -0.05) is 65.7 Å². The lowest BCUT2D eigenvalue weighted by Crippen LogP contribution is -2.45. The molecule has 5 atom stereocenters. The van der Waals surface area contributed by atoms with Crippen molar-refractivity contribution in [1.29, 1.82) is 0 Å². The predicted octanol–water partition coefficient (Wildman–Crippen LogP) is 7.40. The number of fused-ring (bicyclic) bond motifs is 3. The average Bonchev–Trinajstić information content (AvgIpc) is 2.74. The summed E-state index contributed by atoms with van der Waals surface area (Å²) in [5.41, 5.74) is 4.47. The van der Waals surface area contributed by atoms with Crippen LogP contribution in [0.4, 0.5) is 0 Å². The molecule has 1 saturated carbocycles. The molecule has 29 heavy (non-hydrogen) atoms. The third-order valence-corrected chi connectivity index (χ3v) is 7.79. The summed E-state index contributed by atoms with van der Waals surface area (Å²) in [6, 6.07) is 13.9. The number of aryl methyl sites for hydroxylation is 1. The van der Waals surface area contributed by atoms with Crippen molar-refractivity contribution in [3.05, 3.63) is 59.2 Å². The third kappa shape index (κ3) is 3.91. The fraction of sp³-hybridized carbons (Fsp3) is 0.556. The van der Waals surface area contributed by atoms with Gasteiger partial charge in [0.25, 0.3) is 0 Å². The van der Waals surface area contributed by atoms with E-state index in [2.05, 4.69) is 39.0 Å². The van der Waals surface area contributed by atoms with Gasteiger partial charge in [0.05, 0.1) is 0 Å². The first-order chi connectivity index (χ1) is 14.0. The first kappa shape index (κ1) is 21.7. The van der Waals surface area contributed by atoms with Gasteiger partial charge in [-0.3, -0.25) is 0 Å². The van der Waals surface area contributed by atoms with E-state index in [9.17, 15) is 10.2 Å². The van der Waals surface area contributed by atoms with Crippen molar-refractivity contribution in [1.82, 2.24) is 0 Å². The van der Waals surface area contributed by atoms with Crippen molar-refractivity contribution in [2.45, 2.75) is 78.6 Å². The summed E-state index contributed by atoms with van der Waals surface area (Å²) in [6.07, 6.45) is 5.93. The summed E-state index contributed by atoms with van der Waals surface area (Å²) >= 11 is 0. The molecular formula is C27H38O2. The highest BCUT2D eigenvalue weighted by atomic mass is 16.3. The maximum atomic E-state index is 9.99.